The van der Waals surface area contributed by atoms with Gasteiger partial charge in [0, 0.05) is 18.5 Å². The molecule has 0 bridgehead atoms. The molecule has 2 amide bonds. The first kappa shape index (κ1) is 26.5. The van der Waals surface area contributed by atoms with Gasteiger partial charge in [0.1, 0.15) is 18.0 Å². The van der Waals surface area contributed by atoms with Gasteiger partial charge in [0.2, 0.25) is 5.91 Å². The Balaban J connectivity index is 1.68. The van der Waals surface area contributed by atoms with Gasteiger partial charge in [-0.1, -0.05) is 12.1 Å². The van der Waals surface area contributed by atoms with Crippen LogP contribution in [0.15, 0.2) is 30.3 Å². The zero-order chi connectivity index (χ0) is 26.0. The maximum absolute atomic E-state index is 12.8. The second-order valence-electron chi connectivity index (χ2n) is 9.84. The van der Waals surface area contributed by atoms with Crippen LogP contribution in [0.3, 0.4) is 0 Å². The van der Waals surface area contributed by atoms with E-state index in [4.69, 9.17) is 9.47 Å². The lowest BCUT2D eigenvalue weighted by atomic mass is 10.1. The molecule has 8 nitrogen and oxygen atoms in total. The first-order valence-corrected chi connectivity index (χ1v) is 11.4. The molecule has 1 aliphatic rings. The summed E-state index contributed by atoms with van der Waals surface area (Å²) in [6.45, 7) is 9.67. The van der Waals surface area contributed by atoms with E-state index < -0.39 is 35.6 Å². The van der Waals surface area contributed by atoms with Crippen molar-refractivity contribution in [1.82, 2.24) is 15.1 Å². The Hall–Kier alpha value is -3.08. The molecule has 11 heteroatoms. The lowest BCUT2D eigenvalue weighted by Gasteiger charge is -2.22. The summed E-state index contributed by atoms with van der Waals surface area (Å²) in [6, 6.07) is 6.15. The minimum absolute atomic E-state index is 0.0446. The Morgan fingerprint density at radius 1 is 1.20 bits per heavy atom. The SMILES string of the molecule is CC(C)NC(=O)OC1COC(c2cc(NC(=O)Cc3ccc(C(F)(F)F)cc3)n(C(C)(C)C)n2)C1. The first-order valence-electron chi connectivity index (χ1n) is 11.4. The van der Waals surface area contributed by atoms with Crippen LogP contribution in [0.2, 0.25) is 0 Å². The molecule has 2 N–H and O–H groups in total. The number of rotatable bonds is 6. The summed E-state index contributed by atoms with van der Waals surface area (Å²) in [5.41, 5.74) is -0.199. The minimum Gasteiger partial charge on any atom is -0.444 e. The van der Waals surface area contributed by atoms with Gasteiger partial charge in [0.05, 0.1) is 29.8 Å². The molecule has 192 valence electrons. The number of amides is 2. The molecule has 0 aliphatic carbocycles. The maximum Gasteiger partial charge on any atom is 0.416 e. The van der Waals surface area contributed by atoms with Gasteiger partial charge in [0.25, 0.3) is 0 Å². The molecule has 2 heterocycles. The predicted molar refractivity (Wildman–Crippen MR) is 123 cm³/mol. The van der Waals surface area contributed by atoms with Gasteiger partial charge < -0.3 is 20.1 Å². The van der Waals surface area contributed by atoms with Crippen molar-refractivity contribution >= 4 is 17.8 Å². The van der Waals surface area contributed by atoms with Crippen LogP contribution in [-0.2, 0) is 32.4 Å². The van der Waals surface area contributed by atoms with Crippen LogP contribution in [0.4, 0.5) is 23.8 Å². The molecule has 0 radical (unpaired) electrons. The van der Waals surface area contributed by atoms with Crippen molar-refractivity contribution in [2.45, 2.75) is 77.4 Å². The molecule has 35 heavy (non-hydrogen) atoms. The smallest absolute Gasteiger partial charge is 0.416 e. The van der Waals surface area contributed by atoms with Crippen molar-refractivity contribution < 1.29 is 32.2 Å². The number of hydrogen-bond acceptors (Lipinski definition) is 5. The average Bonchev–Trinajstić information content (AvgIpc) is 3.33. The normalized spacial score (nSPS) is 18.5. The van der Waals surface area contributed by atoms with Crippen molar-refractivity contribution in [3.63, 3.8) is 0 Å². The maximum atomic E-state index is 12.8. The van der Waals surface area contributed by atoms with Gasteiger partial charge in [-0.15, -0.1) is 0 Å². The van der Waals surface area contributed by atoms with Gasteiger partial charge in [-0.05, 0) is 52.3 Å². The summed E-state index contributed by atoms with van der Waals surface area (Å²) in [6.07, 6.45) is -5.45. The van der Waals surface area contributed by atoms with Crippen LogP contribution in [-0.4, -0.2) is 40.5 Å². The van der Waals surface area contributed by atoms with E-state index in [1.807, 2.05) is 34.6 Å². The summed E-state index contributed by atoms with van der Waals surface area (Å²) in [7, 11) is 0. The van der Waals surface area contributed by atoms with E-state index in [0.717, 1.165) is 12.1 Å². The Morgan fingerprint density at radius 3 is 2.43 bits per heavy atom. The Morgan fingerprint density at radius 2 is 1.86 bits per heavy atom. The summed E-state index contributed by atoms with van der Waals surface area (Å²) in [5, 5.41) is 10.1. The van der Waals surface area contributed by atoms with Gasteiger partial charge >= 0.3 is 12.3 Å². The number of aromatic nitrogens is 2. The molecule has 1 aliphatic heterocycles. The third-order valence-corrected chi connectivity index (χ3v) is 5.25. The molecule has 1 fully saturated rings. The average molecular weight is 497 g/mol. The number of ether oxygens (including phenoxy) is 2. The number of benzene rings is 1. The Bertz CT molecular complexity index is 1040. The topological polar surface area (TPSA) is 94.5 Å². The monoisotopic (exact) mass is 496 g/mol. The fourth-order valence-corrected chi connectivity index (χ4v) is 3.65. The number of hydrogen-bond donors (Lipinski definition) is 2. The van der Waals surface area contributed by atoms with E-state index in [2.05, 4.69) is 15.7 Å². The Labute approximate surface area is 202 Å². The van der Waals surface area contributed by atoms with Crippen LogP contribution < -0.4 is 10.6 Å². The third kappa shape index (κ3) is 7.20. The molecular weight excluding hydrogens is 465 g/mol. The van der Waals surface area contributed by atoms with Crippen LogP contribution in [0.1, 0.15) is 64.0 Å². The first-order chi connectivity index (χ1) is 16.2. The largest absolute Gasteiger partial charge is 0.444 e. The fourth-order valence-electron chi connectivity index (χ4n) is 3.65. The highest BCUT2D eigenvalue weighted by atomic mass is 19.4. The predicted octanol–water partition coefficient (Wildman–Crippen LogP) is 4.80. The number of nitrogens with one attached hydrogen (secondary N) is 2. The highest BCUT2D eigenvalue weighted by Crippen LogP contribution is 2.33. The third-order valence-electron chi connectivity index (χ3n) is 5.25. The molecule has 2 aromatic rings. The number of halogens is 3. The van der Waals surface area contributed by atoms with Crippen molar-refractivity contribution in [1.29, 1.82) is 0 Å². The van der Waals surface area contributed by atoms with Crippen LogP contribution in [0.25, 0.3) is 0 Å². The molecule has 0 saturated carbocycles. The number of anilines is 1. The van der Waals surface area contributed by atoms with E-state index in [1.165, 1.54) is 12.1 Å². The zero-order valence-corrected chi connectivity index (χ0v) is 20.4. The lowest BCUT2D eigenvalue weighted by Crippen LogP contribution is -2.33. The molecule has 2 unspecified atom stereocenters. The van der Waals surface area contributed by atoms with Gasteiger partial charge in [-0.25, -0.2) is 9.48 Å². The molecular formula is C24H31F3N4O4. The highest BCUT2D eigenvalue weighted by Gasteiger charge is 2.33. The molecule has 1 saturated heterocycles. The van der Waals surface area contributed by atoms with E-state index >= 15 is 0 Å². The molecule has 0 spiro atoms. The van der Waals surface area contributed by atoms with Gasteiger partial charge in [-0.3, -0.25) is 4.79 Å². The highest BCUT2D eigenvalue weighted by molar-refractivity contribution is 5.91. The minimum atomic E-state index is -4.43. The van der Waals surface area contributed by atoms with Crippen molar-refractivity contribution in [3.05, 3.63) is 47.2 Å². The molecule has 2 atom stereocenters. The number of alkyl carbamates (subject to hydrolysis) is 1. The standard InChI is InChI=1S/C24H31F3N4O4/c1-14(2)28-22(33)35-17-11-19(34-13-17)18-12-20(31(30-18)23(3,4)5)29-21(32)10-15-6-8-16(9-7-15)24(25,26)27/h6-9,12,14,17,19H,10-11,13H2,1-5H3,(H,28,33)(H,29,32). The van der Waals surface area contributed by atoms with Gasteiger partial charge in [-0.2, -0.15) is 18.3 Å². The van der Waals surface area contributed by atoms with Crippen molar-refractivity contribution in [3.8, 4) is 0 Å². The van der Waals surface area contributed by atoms with Crippen molar-refractivity contribution in [2.75, 3.05) is 11.9 Å². The second-order valence-corrected chi connectivity index (χ2v) is 9.84. The van der Waals surface area contributed by atoms with Crippen LogP contribution in [0, 0.1) is 0 Å². The molecule has 1 aromatic heterocycles. The number of carbonyl (C=O) groups excluding carboxylic acids is 2. The number of alkyl halides is 3. The lowest BCUT2D eigenvalue weighted by molar-refractivity contribution is -0.137. The zero-order valence-electron chi connectivity index (χ0n) is 20.4. The summed E-state index contributed by atoms with van der Waals surface area (Å²) in [4.78, 5) is 24.5. The molecule has 3 rings (SSSR count). The Kier molecular flexibility index (Phi) is 7.78. The van der Waals surface area contributed by atoms with Gasteiger partial charge in [0.15, 0.2) is 0 Å². The van der Waals surface area contributed by atoms with E-state index in [-0.39, 0.29) is 25.0 Å². The summed E-state index contributed by atoms with van der Waals surface area (Å²) in [5.74, 6) is 0.0514. The number of nitrogens with zero attached hydrogens (tertiary/aromatic N) is 2. The number of carbonyl (C=O) groups is 2. The fraction of sp³-hybridized carbons (Fsp3) is 0.542. The van der Waals surface area contributed by atoms with Crippen LogP contribution >= 0.6 is 0 Å². The van der Waals surface area contributed by atoms with Crippen molar-refractivity contribution in [2.24, 2.45) is 0 Å². The second kappa shape index (κ2) is 10.3. The van der Waals surface area contributed by atoms with E-state index in [1.54, 1.807) is 10.7 Å². The summed E-state index contributed by atoms with van der Waals surface area (Å²) < 4.78 is 51.1. The summed E-state index contributed by atoms with van der Waals surface area (Å²) >= 11 is 0. The molecule has 1 aromatic carbocycles. The van der Waals surface area contributed by atoms with Crippen LogP contribution in [0.5, 0.6) is 0 Å². The quantitative estimate of drug-likeness (QED) is 0.599. The van der Waals surface area contributed by atoms with E-state index in [0.29, 0.717) is 23.5 Å². The van der Waals surface area contributed by atoms with E-state index in [9.17, 15) is 22.8 Å².